The molecule has 0 saturated carbocycles. The molecule has 0 radical (unpaired) electrons. The summed E-state index contributed by atoms with van der Waals surface area (Å²) in [6, 6.07) is -1.09. The van der Waals surface area contributed by atoms with Gasteiger partial charge in [-0.1, -0.05) is 0 Å². The van der Waals surface area contributed by atoms with Crippen LogP contribution in [0.25, 0.3) is 0 Å². The highest BCUT2D eigenvalue weighted by Gasteiger charge is 2.39. The number of hydrogen-bond donors (Lipinski definition) is 0. The average molecular weight is 343 g/mol. The van der Waals surface area contributed by atoms with Crippen LogP contribution in [0.3, 0.4) is 0 Å². The van der Waals surface area contributed by atoms with Crippen LogP contribution >= 0.6 is 11.3 Å². The van der Waals surface area contributed by atoms with Gasteiger partial charge in [-0.15, -0.1) is 11.3 Å². The van der Waals surface area contributed by atoms with Crippen LogP contribution in [0.5, 0.6) is 0 Å². The number of carbonyl (C=O) groups excluding carboxylic acids is 2. The van der Waals surface area contributed by atoms with Gasteiger partial charge in [0.1, 0.15) is 0 Å². The van der Waals surface area contributed by atoms with Gasteiger partial charge in [-0.2, -0.15) is 9.98 Å². The van der Waals surface area contributed by atoms with Gasteiger partial charge >= 0.3 is 11.9 Å². The molecule has 24 heavy (non-hydrogen) atoms. The lowest BCUT2D eigenvalue weighted by molar-refractivity contribution is -0.137. The minimum Gasteiger partial charge on any atom is -0.443 e. The monoisotopic (exact) mass is 343 g/mol. The molecule has 4 rings (SSSR count). The van der Waals surface area contributed by atoms with E-state index in [-0.39, 0.29) is 23.2 Å². The number of thiazole rings is 1. The number of carbonyl (C=O) groups is 2. The molecule has 0 saturated heterocycles. The fourth-order valence-electron chi connectivity index (χ4n) is 2.33. The zero-order valence-corrected chi connectivity index (χ0v) is 13.3. The normalized spacial score (nSPS) is 20.1. The van der Waals surface area contributed by atoms with Gasteiger partial charge in [0, 0.05) is 13.1 Å². The molecule has 120 valence electrons. The minimum absolute atomic E-state index is 0.110. The van der Waals surface area contributed by atoms with Crippen molar-refractivity contribution in [3.63, 3.8) is 0 Å². The largest absolute Gasteiger partial charge is 0.443 e. The van der Waals surface area contributed by atoms with E-state index in [1.54, 1.807) is 19.4 Å². The third-order valence-electron chi connectivity index (χ3n) is 3.34. The standard InChI is InChI=1S/C14H9N5O4S/c1-5-10(22-6(2)16-5)8-14(21)23-13-9(17-8)12(20)18-11(19-13)7-3-15-4-24-7/h3-4,8H,1-2H3. The molecule has 10 heteroatoms. The first-order chi connectivity index (χ1) is 11.5. The fraction of sp³-hybridized carbons (Fsp3) is 0.214. The Labute approximate surface area is 138 Å². The Hall–Kier alpha value is -3.01. The molecule has 0 N–H and O–H groups in total. The first kappa shape index (κ1) is 14.6. The van der Waals surface area contributed by atoms with E-state index in [0.29, 0.717) is 16.5 Å². The van der Waals surface area contributed by atoms with Crippen molar-refractivity contribution < 1.29 is 18.7 Å². The summed E-state index contributed by atoms with van der Waals surface area (Å²) in [5, 5.41) is 0. The molecule has 1 atom stereocenters. The Kier molecular flexibility index (Phi) is 3.20. The number of esters is 1. The van der Waals surface area contributed by atoms with E-state index in [1.807, 2.05) is 0 Å². The van der Waals surface area contributed by atoms with Crippen molar-refractivity contribution in [2.24, 2.45) is 15.0 Å². The highest BCUT2D eigenvalue weighted by molar-refractivity contribution is 7.11. The summed E-state index contributed by atoms with van der Waals surface area (Å²) in [6.07, 6.45) is 1.52. The van der Waals surface area contributed by atoms with Gasteiger partial charge < -0.3 is 9.15 Å². The molecular weight excluding hydrogens is 334 g/mol. The first-order valence-electron chi connectivity index (χ1n) is 6.87. The molecule has 9 nitrogen and oxygen atoms in total. The van der Waals surface area contributed by atoms with Crippen LogP contribution in [0.2, 0.25) is 0 Å². The van der Waals surface area contributed by atoms with Crippen molar-refractivity contribution in [2.75, 3.05) is 0 Å². The molecule has 2 aromatic heterocycles. The number of amides is 1. The number of aromatic nitrogens is 2. The minimum atomic E-state index is -1.09. The summed E-state index contributed by atoms with van der Waals surface area (Å²) in [4.78, 5) is 45.2. The van der Waals surface area contributed by atoms with Gasteiger partial charge in [-0.05, 0) is 6.92 Å². The van der Waals surface area contributed by atoms with E-state index in [9.17, 15) is 9.59 Å². The molecule has 2 aromatic rings. The molecule has 2 aliphatic rings. The molecule has 0 aliphatic carbocycles. The van der Waals surface area contributed by atoms with Crippen LogP contribution in [0.4, 0.5) is 0 Å². The molecule has 1 unspecified atom stereocenters. The third-order valence-corrected chi connectivity index (χ3v) is 4.11. The van der Waals surface area contributed by atoms with Crippen molar-refractivity contribution in [1.82, 2.24) is 9.97 Å². The number of oxazole rings is 1. The molecule has 0 aromatic carbocycles. The van der Waals surface area contributed by atoms with E-state index in [2.05, 4.69) is 24.9 Å². The predicted molar refractivity (Wildman–Crippen MR) is 83.3 cm³/mol. The Morgan fingerprint density at radius 2 is 2.04 bits per heavy atom. The lowest BCUT2D eigenvalue weighted by Gasteiger charge is -2.20. The number of rotatable bonds is 2. The quantitative estimate of drug-likeness (QED) is 0.755. The van der Waals surface area contributed by atoms with Gasteiger partial charge in [0.15, 0.2) is 23.2 Å². The number of nitrogens with zero attached hydrogens (tertiary/aromatic N) is 5. The molecule has 2 aliphatic heterocycles. The SMILES string of the molecule is Cc1nc(C)c(C2N=C3C(=O)N=C(c4cncs4)N=C3OC2=O)o1. The van der Waals surface area contributed by atoms with E-state index in [0.717, 1.165) is 0 Å². The van der Waals surface area contributed by atoms with Crippen molar-refractivity contribution in [1.29, 1.82) is 0 Å². The van der Waals surface area contributed by atoms with Crippen molar-refractivity contribution in [3.05, 3.63) is 33.9 Å². The first-order valence-corrected chi connectivity index (χ1v) is 7.75. The average Bonchev–Trinajstić information content (AvgIpc) is 3.16. The molecular formula is C14H9N5O4S. The maximum atomic E-state index is 12.3. The molecule has 0 spiro atoms. The van der Waals surface area contributed by atoms with Crippen LogP contribution < -0.4 is 0 Å². The highest BCUT2D eigenvalue weighted by atomic mass is 32.1. The maximum Gasteiger partial charge on any atom is 0.345 e. The molecule has 1 amide bonds. The van der Waals surface area contributed by atoms with E-state index >= 15 is 0 Å². The number of amidine groups is 1. The number of ether oxygens (including phenoxy) is 1. The second kappa shape index (κ2) is 5.27. The van der Waals surface area contributed by atoms with Crippen LogP contribution in [-0.2, 0) is 14.3 Å². The van der Waals surface area contributed by atoms with Crippen LogP contribution in [0.1, 0.15) is 28.3 Å². The number of fused-ring (bicyclic) bond motifs is 1. The lowest BCUT2D eigenvalue weighted by atomic mass is 10.1. The van der Waals surface area contributed by atoms with Crippen LogP contribution in [-0.4, -0.2) is 39.3 Å². The molecule has 0 bridgehead atoms. The van der Waals surface area contributed by atoms with E-state index < -0.39 is 17.9 Å². The predicted octanol–water partition coefficient (Wildman–Crippen LogP) is 1.17. The van der Waals surface area contributed by atoms with Gasteiger partial charge in [0.05, 0.1) is 16.1 Å². The summed E-state index contributed by atoms with van der Waals surface area (Å²) in [5.41, 5.74) is 1.99. The van der Waals surface area contributed by atoms with E-state index in [4.69, 9.17) is 9.15 Å². The summed E-state index contributed by atoms with van der Waals surface area (Å²) in [7, 11) is 0. The van der Waals surface area contributed by atoms with Gasteiger partial charge in [0.2, 0.25) is 6.04 Å². The number of aliphatic imine (C=N–C) groups is 3. The molecule has 4 heterocycles. The van der Waals surface area contributed by atoms with Gasteiger partial charge in [-0.3, -0.25) is 14.8 Å². The van der Waals surface area contributed by atoms with Crippen molar-refractivity contribution in [2.45, 2.75) is 19.9 Å². The zero-order valence-electron chi connectivity index (χ0n) is 12.5. The van der Waals surface area contributed by atoms with Crippen LogP contribution in [0.15, 0.2) is 31.1 Å². The highest BCUT2D eigenvalue weighted by Crippen LogP contribution is 2.28. The maximum absolute atomic E-state index is 12.3. The fourth-order valence-corrected chi connectivity index (χ4v) is 2.89. The third kappa shape index (κ3) is 2.27. The second-order valence-corrected chi connectivity index (χ2v) is 5.89. The van der Waals surface area contributed by atoms with Crippen molar-refractivity contribution >= 4 is 40.7 Å². The van der Waals surface area contributed by atoms with Crippen molar-refractivity contribution in [3.8, 4) is 0 Å². The Bertz CT molecular complexity index is 954. The van der Waals surface area contributed by atoms with E-state index in [1.165, 1.54) is 17.5 Å². The zero-order chi connectivity index (χ0) is 16.8. The summed E-state index contributed by atoms with van der Waals surface area (Å²) < 4.78 is 10.6. The smallest absolute Gasteiger partial charge is 0.345 e. The number of hydrogen-bond acceptors (Lipinski definition) is 9. The van der Waals surface area contributed by atoms with Crippen LogP contribution in [0, 0.1) is 13.8 Å². The Balaban J connectivity index is 1.76. The van der Waals surface area contributed by atoms with Gasteiger partial charge in [-0.25, -0.2) is 9.78 Å². The van der Waals surface area contributed by atoms with Gasteiger partial charge in [0.25, 0.3) is 5.90 Å². The Morgan fingerprint density at radius 3 is 2.71 bits per heavy atom. The Morgan fingerprint density at radius 1 is 1.21 bits per heavy atom. The molecule has 0 fully saturated rings. The topological polar surface area (TPSA) is 119 Å². The summed E-state index contributed by atoms with van der Waals surface area (Å²) in [6.45, 7) is 3.34. The lowest BCUT2D eigenvalue weighted by Crippen LogP contribution is -2.38. The second-order valence-electron chi connectivity index (χ2n) is 5.01. The summed E-state index contributed by atoms with van der Waals surface area (Å²) >= 11 is 1.27. The number of aryl methyl sites for hydroxylation is 2. The summed E-state index contributed by atoms with van der Waals surface area (Å²) in [5.74, 6) is -0.683.